The van der Waals surface area contributed by atoms with Gasteiger partial charge in [0, 0.05) is 17.3 Å². The fourth-order valence-electron chi connectivity index (χ4n) is 3.31. The molecule has 0 amide bonds. The highest BCUT2D eigenvalue weighted by atomic mass is 32.1. The van der Waals surface area contributed by atoms with Crippen LogP contribution in [0.3, 0.4) is 0 Å². The molecule has 1 aliphatic rings. The Morgan fingerprint density at radius 1 is 1.29 bits per heavy atom. The third-order valence-electron chi connectivity index (χ3n) is 4.62. The predicted molar refractivity (Wildman–Crippen MR) is 93.9 cm³/mol. The van der Waals surface area contributed by atoms with Crippen LogP contribution in [0.5, 0.6) is 0 Å². The number of halogens is 1. The third kappa shape index (κ3) is 3.12. The van der Waals surface area contributed by atoms with Crippen molar-refractivity contribution in [2.45, 2.75) is 25.3 Å². The van der Waals surface area contributed by atoms with Crippen LogP contribution >= 0.6 is 11.3 Å². The number of likely N-dealkylation sites (tertiary alicyclic amines) is 1. The van der Waals surface area contributed by atoms with Crippen LogP contribution in [0.25, 0.3) is 10.9 Å². The highest BCUT2D eigenvalue weighted by Gasteiger charge is 2.23. The van der Waals surface area contributed by atoms with Gasteiger partial charge < -0.3 is 4.98 Å². The summed E-state index contributed by atoms with van der Waals surface area (Å²) in [4.78, 5) is 23.4. The molecule has 0 saturated carbocycles. The molecule has 124 valence electrons. The van der Waals surface area contributed by atoms with E-state index in [0.717, 1.165) is 38.3 Å². The summed E-state index contributed by atoms with van der Waals surface area (Å²) in [5, 5.41) is 2.42. The summed E-state index contributed by atoms with van der Waals surface area (Å²) in [6.45, 7) is 2.98. The molecule has 4 nitrogen and oxygen atoms in total. The van der Waals surface area contributed by atoms with Crippen LogP contribution in [0.2, 0.25) is 0 Å². The fourth-order valence-corrected chi connectivity index (χ4v) is 4.06. The Kier molecular flexibility index (Phi) is 4.16. The molecule has 0 spiro atoms. The SMILES string of the molecule is O=c1[nH]c(C2CCN(Cc3cccs3)CC2)nc2ccc(F)cc12. The molecule has 4 rings (SSSR count). The van der Waals surface area contributed by atoms with E-state index in [9.17, 15) is 9.18 Å². The molecule has 3 aromatic rings. The van der Waals surface area contributed by atoms with Gasteiger partial charge in [0.15, 0.2) is 0 Å². The van der Waals surface area contributed by atoms with Crippen molar-refractivity contribution >= 4 is 22.2 Å². The maximum atomic E-state index is 13.3. The standard InChI is InChI=1S/C18H18FN3OS/c19-13-3-4-16-15(10-13)18(23)21-17(20-16)12-5-7-22(8-6-12)11-14-2-1-9-24-14/h1-4,9-10,12H,5-8,11H2,(H,20,21,23). The van der Waals surface area contributed by atoms with Gasteiger partial charge in [-0.3, -0.25) is 9.69 Å². The van der Waals surface area contributed by atoms with E-state index in [1.807, 2.05) is 0 Å². The number of nitrogens with one attached hydrogen (secondary N) is 1. The van der Waals surface area contributed by atoms with E-state index in [1.165, 1.54) is 17.0 Å². The zero-order valence-electron chi connectivity index (χ0n) is 13.2. The van der Waals surface area contributed by atoms with Crippen molar-refractivity contribution in [1.29, 1.82) is 0 Å². The van der Waals surface area contributed by atoms with E-state index in [0.29, 0.717) is 10.9 Å². The van der Waals surface area contributed by atoms with E-state index < -0.39 is 5.82 Å². The summed E-state index contributed by atoms with van der Waals surface area (Å²) >= 11 is 1.79. The molecular weight excluding hydrogens is 325 g/mol. The van der Waals surface area contributed by atoms with Crippen molar-refractivity contribution in [3.05, 3.63) is 62.6 Å². The number of hydrogen-bond donors (Lipinski definition) is 1. The molecule has 0 aliphatic carbocycles. The Morgan fingerprint density at radius 2 is 2.12 bits per heavy atom. The largest absolute Gasteiger partial charge is 0.310 e. The van der Waals surface area contributed by atoms with E-state index in [4.69, 9.17) is 0 Å². The van der Waals surface area contributed by atoms with E-state index in [2.05, 4.69) is 32.4 Å². The molecular formula is C18H18FN3OS. The molecule has 6 heteroatoms. The third-order valence-corrected chi connectivity index (χ3v) is 5.48. The fraction of sp³-hybridized carbons (Fsp3) is 0.333. The zero-order chi connectivity index (χ0) is 16.5. The van der Waals surface area contributed by atoms with Crippen molar-refractivity contribution in [3.63, 3.8) is 0 Å². The normalized spacial score (nSPS) is 16.7. The second-order valence-electron chi connectivity index (χ2n) is 6.24. The van der Waals surface area contributed by atoms with Crippen LogP contribution in [-0.2, 0) is 6.54 Å². The second-order valence-corrected chi connectivity index (χ2v) is 7.27. The van der Waals surface area contributed by atoms with Gasteiger partial charge >= 0.3 is 0 Å². The molecule has 1 aliphatic heterocycles. The molecule has 1 fully saturated rings. The summed E-state index contributed by atoms with van der Waals surface area (Å²) < 4.78 is 13.3. The minimum absolute atomic E-state index is 0.254. The minimum atomic E-state index is -0.413. The lowest BCUT2D eigenvalue weighted by Gasteiger charge is -2.31. The molecule has 24 heavy (non-hydrogen) atoms. The second kappa shape index (κ2) is 6.45. The van der Waals surface area contributed by atoms with Gasteiger partial charge in [-0.2, -0.15) is 0 Å². The highest BCUT2D eigenvalue weighted by molar-refractivity contribution is 7.09. The lowest BCUT2D eigenvalue weighted by Crippen LogP contribution is -2.33. The first kappa shape index (κ1) is 15.5. The Hall–Kier alpha value is -2.05. The molecule has 1 N–H and O–H groups in total. The van der Waals surface area contributed by atoms with Crippen LogP contribution in [0.4, 0.5) is 4.39 Å². The molecule has 1 aromatic carbocycles. The first-order valence-electron chi connectivity index (χ1n) is 8.13. The molecule has 2 aromatic heterocycles. The number of fused-ring (bicyclic) bond motifs is 1. The van der Waals surface area contributed by atoms with Crippen LogP contribution in [0.1, 0.15) is 29.5 Å². The molecule has 3 heterocycles. The lowest BCUT2D eigenvalue weighted by molar-refractivity contribution is 0.203. The van der Waals surface area contributed by atoms with Gasteiger partial charge in [0.05, 0.1) is 10.9 Å². The number of benzene rings is 1. The number of aromatic nitrogens is 2. The lowest BCUT2D eigenvalue weighted by atomic mass is 9.95. The number of rotatable bonds is 3. The summed E-state index contributed by atoms with van der Waals surface area (Å²) in [7, 11) is 0. The molecule has 1 saturated heterocycles. The topological polar surface area (TPSA) is 49.0 Å². The monoisotopic (exact) mass is 343 g/mol. The molecule has 0 unspecified atom stereocenters. The maximum Gasteiger partial charge on any atom is 0.258 e. The van der Waals surface area contributed by atoms with Crippen LogP contribution < -0.4 is 5.56 Å². The van der Waals surface area contributed by atoms with Crippen molar-refractivity contribution in [3.8, 4) is 0 Å². The smallest absolute Gasteiger partial charge is 0.258 e. The van der Waals surface area contributed by atoms with Crippen LogP contribution in [0.15, 0.2) is 40.5 Å². The van der Waals surface area contributed by atoms with Crippen LogP contribution in [-0.4, -0.2) is 28.0 Å². The Labute approximate surface area is 143 Å². The molecule has 0 atom stereocenters. The Morgan fingerprint density at radius 3 is 2.88 bits per heavy atom. The van der Waals surface area contributed by atoms with Gasteiger partial charge in [0.2, 0.25) is 0 Å². The number of piperidine rings is 1. The minimum Gasteiger partial charge on any atom is -0.310 e. The van der Waals surface area contributed by atoms with Crippen molar-refractivity contribution in [2.24, 2.45) is 0 Å². The van der Waals surface area contributed by atoms with Crippen molar-refractivity contribution in [1.82, 2.24) is 14.9 Å². The van der Waals surface area contributed by atoms with E-state index >= 15 is 0 Å². The average molecular weight is 343 g/mol. The summed E-state index contributed by atoms with van der Waals surface area (Å²) in [5.74, 6) is 0.575. The highest BCUT2D eigenvalue weighted by Crippen LogP contribution is 2.27. The number of hydrogen-bond acceptors (Lipinski definition) is 4. The number of nitrogens with zero attached hydrogens (tertiary/aromatic N) is 2. The molecule has 0 radical (unpaired) electrons. The quantitative estimate of drug-likeness (QED) is 0.792. The van der Waals surface area contributed by atoms with Crippen LogP contribution in [0, 0.1) is 5.82 Å². The van der Waals surface area contributed by atoms with Gasteiger partial charge in [0.25, 0.3) is 5.56 Å². The predicted octanol–water partition coefficient (Wildman–Crippen LogP) is 3.50. The number of thiophene rings is 1. The Bertz CT molecular complexity index is 898. The van der Waals surface area contributed by atoms with Crippen molar-refractivity contribution < 1.29 is 4.39 Å². The number of aromatic amines is 1. The Balaban J connectivity index is 1.50. The van der Waals surface area contributed by atoms with Gasteiger partial charge in [0.1, 0.15) is 11.6 Å². The van der Waals surface area contributed by atoms with Crippen molar-refractivity contribution in [2.75, 3.05) is 13.1 Å². The maximum absolute atomic E-state index is 13.3. The average Bonchev–Trinajstić information content (AvgIpc) is 3.09. The summed E-state index contributed by atoms with van der Waals surface area (Å²) in [6, 6.07) is 8.42. The van der Waals surface area contributed by atoms with E-state index in [-0.39, 0.29) is 11.5 Å². The van der Waals surface area contributed by atoms with E-state index in [1.54, 1.807) is 17.4 Å². The number of H-pyrrole nitrogens is 1. The summed E-state index contributed by atoms with van der Waals surface area (Å²) in [6.07, 6.45) is 1.95. The van der Waals surface area contributed by atoms with Gasteiger partial charge in [-0.05, 0) is 55.6 Å². The zero-order valence-corrected chi connectivity index (χ0v) is 14.0. The summed E-state index contributed by atoms with van der Waals surface area (Å²) in [5.41, 5.74) is 0.312. The first-order valence-corrected chi connectivity index (χ1v) is 9.01. The van der Waals surface area contributed by atoms with Gasteiger partial charge in [-0.15, -0.1) is 11.3 Å². The first-order chi connectivity index (χ1) is 11.7. The van der Waals surface area contributed by atoms with Gasteiger partial charge in [-0.25, -0.2) is 9.37 Å². The van der Waals surface area contributed by atoms with Gasteiger partial charge in [-0.1, -0.05) is 6.07 Å². The molecule has 0 bridgehead atoms.